The molecule has 1 aliphatic heterocycles. The average molecular weight is 202 g/mol. The smallest absolute Gasteiger partial charge is 0.117 e. The summed E-state index contributed by atoms with van der Waals surface area (Å²) in [6.45, 7) is 0.863. The van der Waals surface area contributed by atoms with E-state index >= 15 is 0 Å². The Morgan fingerprint density at radius 3 is 3.07 bits per heavy atom. The van der Waals surface area contributed by atoms with Gasteiger partial charge in [-0.1, -0.05) is 0 Å². The predicted molar refractivity (Wildman–Crippen MR) is 59.9 cm³/mol. The van der Waals surface area contributed by atoms with Crippen LogP contribution in [0.3, 0.4) is 0 Å². The molecule has 0 spiro atoms. The van der Waals surface area contributed by atoms with Crippen LogP contribution in [0.25, 0.3) is 10.9 Å². The lowest BCUT2D eigenvalue weighted by atomic mass is 10.1. The van der Waals surface area contributed by atoms with Crippen LogP contribution in [0, 0.1) is 0 Å². The number of nitrogens with two attached hydrogens (primary N) is 1. The fourth-order valence-corrected chi connectivity index (χ4v) is 2.38. The first kappa shape index (κ1) is 8.80. The Hall–Kier alpha value is -1.48. The minimum Gasteiger partial charge on any atom is -0.508 e. The Labute approximate surface area is 88.1 Å². The molecular weight excluding hydrogens is 188 g/mol. The van der Waals surface area contributed by atoms with Crippen LogP contribution < -0.4 is 5.73 Å². The lowest BCUT2D eigenvalue weighted by Gasteiger charge is -2.21. The van der Waals surface area contributed by atoms with Crippen molar-refractivity contribution in [3.05, 3.63) is 30.0 Å². The van der Waals surface area contributed by atoms with Gasteiger partial charge in [-0.2, -0.15) is 0 Å². The van der Waals surface area contributed by atoms with Crippen molar-refractivity contribution in [2.45, 2.75) is 25.4 Å². The number of hydrogen-bond donors (Lipinski definition) is 2. The Balaban J connectivity index is 2.25. The van der Waals surface area contributed by atoms with Crippen LogP contribution in [-0.4, -0.2) is 15.7 Å². The van der Waals surface area contributed by atoms with E-state index in [-0.39, 0.29) is 6.04 Å². The van der Waals surface area contributed by atoms with Crippen LogP contribution in [0.15, 0.2) is 24.3 Å². The summed E-state index contributed by atoms with van der Waals surface area (Å²) < 4.78 is 2.23. The average Bonchev–Trinajstić information content (AvgIpc) is 2.56. The number of fused-ring (bicyclic) bond motifs is 3. The van der Waals surface area contributed by atoms with Crippen LogP contribution >= 0.6 is 0 Å². The van der Waals surface area contributed by atoms with Crippen LogP contribution in [0.5, 0.6) is 5.75 Å². The van der Waals surface area contributed by atoms with Crippen molar-refractivity contribution in [3.8, 4) is 5.75 Å². The highest BCUT2D eigenvalue weighted by atomic mass is 16.3. The maximum absolute atomic E-state index is 9.47. The number of aromatic hydroxyl groups is 1. The van der Waals surface area contributed by atoms with E-state index in [2.05, 4.69) is 10.6 Å². The highest BCUT2D eigenvalue weighted by molar-refractivity contribution is 5.82. The SMILES string of the molecule is NC1CCc2cc3ccc(O)cc3n2C1. The number of benzene rings is 1. The topological polar surface area (TPSA) is 51.2 Å². The third-order valence-corrected chi connectivity index (χ3v) is 3.16. The maximum atomic E-state index is 9.47. The van der Waals surface area contributed by atoms with Gasteiger partial charge in [0.05, 0.1) is 5.52 Å². The Kier molecular flexibility index (Phi) is 1.76. The molecule has 2 heterocycles. The van der Waals surface area contributed by atoms with E-state index in [1.54, 1.807) is 6.07 Å². The molecule has 1 aliphatic rings. The second kappa shape index (κ2) is 3.00. The zero-order valence-corrected chi connectivity index (χ0v) is 8.48. The van der Waals surface area contributed by atoms with Crippen LogP contribution in [-0.2, 0) is 13.0 Å². The molecule has 0 saturated carbocycles. The van der Waals surface area contributed by atoms with E-state index in [4.69, 9.17) is 5.73 Å². The second-order valence-electron chi connectivity index (χ2n) is 4.29. The molecule has 0 amide bonds. The van der Waals surface area contributed by atoms with Gasteiger partial charge in [0.25, 0.3) is 0 Å². The highest BCUT2D eigenvalue weighted by Gasteiger charge is 2.17. The fraction of sp³-hybridized carbons (Fsp3) is 0.333. The summed E-state index contributed by atoms with van der Waals surface area (Å²) in [4.78, 5) is 0. The number of phenols is 1. The van der Waals surface area contributed by atoms with Crippen LogP contribution in [0.1, 0.15) is 12.1 Å². The molecule has 1 unspecified atom stereocenters. The fourth-order valence-electron chi connectivity index (χ4n) is 2.38. The van der Waals surface area contributed by atoms with Crippen molar-refractivity contribution < 1.29 is 5.11 Å². The van der Waals surface area contributed by atoms with E-state index in [0.29, 0.717) is 5.75 Å². The van der Waals surface area contributed by atoms with Gasteiger partial charge in [0.2, 0.25) is 0 Å². The van der Waals surface area contributed by atoms with Crippen molar-refractivity contribution in [2.75, 3.05) is 0 Å². The Morgan fingerprint density at radius 2 is 2.20 bits per heavy atom. The third-order valence-electron chi connectivity index (χ3n) is 3.16. The Bertz CT molecular complexity index is 516. The molecule has 3 nitrogen and oxygen atoms in total. The summed E-state index contributed by atoms with van der Waals surface area (Å²) in [6.07, 6.45) is 2.10. The van der Waals surface area contributed by atoms with Crippen molar-refractivity contribution in [1.82, 2.24) is 4.57 Å². The molecule has 1 atom stereocenters. The van der Waals surface area contributed by atoms with Crippen molar-refractivity contribution >= 4 is 10.9 Å². The molecule has 0 aliphatic carbocycles. The van der Waals surface area contributed by atoms with Gasteiger partial charge >= 0.3 is 0 Å². The number of rotatable bonds is 0. The van der Waals surface area contributed by atoms with Gasteiger partial charge in [-0.15, -0.1) is 0 Å². The molecular formula is C12H14N2O. The number of hydrogen-bond acceptors (Lipinski definition) is 2. The molecule has 78 valence electrons. The predicted octanol–water partition coefficient (Wildman–Crippen LogP) is 1.62. The van der Waals surface area contributed by atoms with E-state index in [1.807, 2.05) is 12.1 Å². The molecule has 0 radical (unpaired) electrons. The number of phenolic OH excluding ortho intramolecular Hbond substituents is 1. The van der Waals surface area contributed by atoms with Gasteiger partial charge in [-0.3, -0.25) is 0 Å². The lowest BCUT2D eigenvalue weighted by Crippen LogP contribution is -2.31. The van der Waals surface area contributed by atoms with Gasteiger partial charge in [0.1, 0.15) is 5.75 Å². The van der Waals surface area contributed by atoms with Crippen LogP contribution in [0.2, 0.25) is 0 Å². The van der Waals surface area contributed by atoms with Crippen molar-refractivity contribution in [1.29, 1.82) is 0 Å². The quantitative estimate of drug-likeness (QED) is 0.682. The van der Waals surface area contributed by atoms with Gasteiger partial charge in [0, 0.05) is 29.7 Å². The first-order chi connectivity index (χ1) is 7.24. The molecule has 1 aromatic carbocycles. The van der Waals surface area contributed by atoms with Gasteiger partial charge in [0.15, 0.2) is 0 Å². The number of aryl methyl sites for hydroxylation is 1. The molecule has 0 fully saturated rings. The highest BCUT2D eigenvalue weighted by Crippen LogP contribution is 2.27. The molecule has 3 N–H and O–H groups in total. The van der Waals surface area contributed by atoms with E-state index in [1.165, 1.54) is 11.1 Å². The maximum Gasteiger partial charge on any atom is 0.117 e. The third kappa shape index (κ3) is 1.31. The summed E-state index contributed by atoms with van der Waals surface area (Å²) in [6, 6.07) is 7.95. The molecule has 15 heavy (non-hydrogen) atoms. The summed E-state index contributed by atoms with van der Waals surface area (Å²) >= 11 is 0. The summed E-state index contributed by atoms with van der Waals surface area (Å²) in [5.41, 5.74) is 8.38. The van der Waals surface area contributed by atoms with Gasteiger partial charge in [-0.25, -0.2) is 0 Å². The first-order valence-corrected chi connectivity index (χ1v) is 5.31. The molecule has 1 aromatic heterocycles. The standard InChI is InChI=1S/C12H14N2O/c13-9-2-3-10-5-8-1-4-11(15)6-12(8)14(10)7-9/h1,4-6,9,15H,2-3,7,13H2. The number of nitrogens with zero attached hydrogens (tertiary/aromatic N) is 1. The molecule has 2 aromatic rings. The molecule has 3 heteroatoms. The summed E-state index contributed by atoms with van der Waals surface area (Å²) in [5.74, 6) is 0.322. The minimum absolute atomic E-state index is 0.246. The van der Waals surface area contributed by atoms with E-state index in [0.717, 1.165) is 24.9 Å². The monoisotopic (exact) mass is 202 g/mol. The summed E-state index contributed by atoms with van der Waals surface area (Å²) in [7, 11) is 0. The van der Waals surface area contributed by atoms with E-state index in [9.17, 15) is 5.11 Å². The summed E-state index contributed by atoms with van der Waals surface area (Å²) in [5, 5.41) is 10.7. The second-order valence-corrected chi connectivity index (χ2v) is 4.29. The molecule has 0 bridgehead atoms. The molecule has 3 rings (SSSR count). The normalized spacial score (nSPS) is 20.5. The largest absolute Gasteiger partial charge is 0.508 e. The van der Waals surface area contributed by atoms with E-state index < -0.39 is 0 Å². The van der Waals surface area contributed by atoms with Crippen molar-refractivity contribution in [2.24, 2.45) is 5.73 Å². The minimum atomic E-state index is 0.246. The molecule has 0 saturated heterocycles. The zero-order valence-electron chi connectivity index (χ0n) is 8.48. The van der Waals surface area contributed by atoms with Gasteiger partial charge < -0.3 is 15.4 Å². The Morgan fingerprint density at radius 1 is 1.33 bits per heavy atom. The zero-order chi connectivity index (χ0) is 10.4. The van der Waals surface area contributed by atoms with Crippen LogP contribution in [0.4, 0.5) is 0 Å². The van der Waals surface area contributed by atoms with Crippen molar-refractivity contribution in [3.63, 3.8) is 0 Å². The first-order valence-electron chi connectivity index (χ1n) is 5.31. The van der Waals surface area contributed by atoms with Gasteiger partial charge in [-0.05, 0) is 31.0 Å². The number of aromatic nitrogens is 1. The lowest BCUT2D eigenvalue weighted by molar-refractivity contribution is 0.465.